The van der Waals surface area contributed by atoms with Gasteiger partial charge in [-0.15, -0.1) is 0 Å². The molecule has 174 valence electrons. The molecule has 0 bridgehead atoms. The average molecular weight is 452 g/mol. The molecule has 0 N–H and O–H groups in total. The van der Waals surface area contributed by atoms with Crippen molar-refractivity contribution in [1.82, 2.24) is 14.7 Å². The zero-order valence-corrected chi connectivity index (χ0v) is 19.4. The van der Waals surface area contributed by atoms with E-state index in [0.29, 0.717) is 24.5 Å². The van der Waals surface area contributed by atoms with Crippen molar-refractivity contribution < 1.29 is 23.9 Å². The number of fused-ring (bicyclic) bond motifs is 1. The van der Waals surface area contributed by atoms with Gasteiger partial charge >= 0.3 is 17.8 Å². The smallest absolute Gasteiger partial charge is 0.335 e. The summed E-state index contributed by atoms with van der Waals surface area (Å²) in [7, 11) is 3.21. The Morgan fingerprint density at radius 2 is 1.58 bits per heavy atom. The number of urea groups is 1. The highest BCUT2D eigenvalue weighted by Crippen LogP contribution is 2.41. The number of imide groups is 2. The molecule has 2 aliphatic rings. The van der Waals surface area contributed by atoms with Crippen LogP contribution in [0.3, 0.4) is 0 Å². The number of rotatable bonds is 7. The van der Waals surface area contributed by atoms with Crippen molar-refractivity contribution in [2.24, 2.45) is 5.92 Å². The van der Waals surface area contributed by atoms with Gasteiger partial charge in [0.05, 0.1) is 26.9 Å². The summed E-state index contributed by atoms with van der Waals surface area (Å²) in [5.74, 6) is -0.173. The third-order valence-corrected chi connectivity index (χ3v) is 6.09. The van der Waals surface area contributed by atoms with Crippen molar-refractivity contribution in [2.45, 2.75) is 26.3 Å². The van der Waals surface area contributed by atoms with Crippen LogP contribution in [-0.4, -0.2) is 66.5 Å². The maximum absolute atomic E-state index is 13.0. The van der Waals surface area contributed by atoms with Gasteiger partial charge in [-0.1, -0.05) is 44.2 Å². The van der Waals surface area contributed by atoms with Gasteiger partial charge in [0.2, 0.25) is 0 Å². The first kappa shape index (κ1) is 22.8. The highest BCUT2D eigenvalue weighted by atomic mass is 16.5. The van der Waals surface area contributed by atoms with Gasteiger partial charge in [-0.25, -0.2) is 9.69 Å². The fraction of sp³-hybridized carbons (Fsp3) is 0.400. The first-order chi connectivity index (χ1) is 15.8. The first-order valence-electron chi connectivity index (χ1n) is 11.1. The van der Waals surface area contributed by atoms with Gasteiger partial charge in [-0.2, -0.15) is 0 Å². The van der Waals surface area contributed by atoms with Crippen LogP contribution >= 0.6 is 0 Å². The van der Waals surface area contributed by atoms with E-state index in [-0.39, 0.29) is 25.2 Å². The Bertz CT molecular complexity index is 1070. The van der Waals surface area contributed by atoms with Crippen LogP contribution in [0.1, 0.15) is 36.6 Å². The summed E-state index contributed by atoms with van der Waals surface area (Å²) in [6.07, 6.45) is 0.707. The molecule has 2 aromatic rings. The molecule has 2 heterocycles. The minimum Gasteiger partial charge on any atom is -0.493 e. The predicted molar refractivity (Wildman–Crippen MR) is 122 cm³/mol. The lowest BCUT2D eigenvalue weighted by atomic mass is 9.88. The van der Waals surface area contributed by atoms with Crippen molar-refractivity contribution in [3.05, 3.63) is 59.2 Å². The third kappa shape index (κ3) is 4.18. The Morgan fingerprint density at radius 1 is 0.939 bits per heavy atom. The highest BCUT2D eigenvalue weighted by molar-refractivity contribution is 6.44. The van der Waals surface area contributed by atoms with E-state index in [1.807, 2.05) is 56.3 Å². The van der Waals surface area contributed by atoms with E-state index in [2.05, 4.69) is 4.90 Å². The molecule has 4 rings (SSSR count). The van der Waals surface area contributed by atoms with E-state index >= 15 is 0 Å². The molecule has 1 fully saturated rings. The number of carbonyl (C=O) groups is 3. The lowest BCUT2D eigenvalue weighted by molar-refractivity contribution is -0.144. The largest absolute Gasteiger partial charge is 0.493 e. The molecule has 33 heavy (non-hydrogen) atoms. The van der Waals surface area contributed by atoms with Crippen molar-refractivity contribution in [1.29, 1.82) is 0 Å². The molecule has 2 aliphatic heterocycles. The molecule has 1 saturated heterocycles. The molecule has 8 heteroatoms. The molecule has 0 aliphatic carbocycles. The summed E-state index contributed by atoms with van der Waals surface area (Å²) >= 11 is 0. The van der Waals surface area contributed by atoms with Gasteiger partial charge in [0, 0.05) is 13.1 Å². The number of hydrogen-bond acceptors (Lipinski definition) is 6. The monoisotopic (exact) mass is 451 g/mol. The topological polar surface area (TPSA) is 79.4 Å². The normalized spacial score (nSPS) is 18.8. The van der Waals surface area contributed by atoms with Crippen LogP contribution in [0, 0.1) is 5.92 Å². The van der Waals surface area contributed by atoms with E-state index in [0.717, 1.165) is 26.5 Å². The van der Waals surface area contributed by atoms with E-state index < -0.39 is 17.8 Å². The molecule has 0 aromatic heterocycles. The van der Waals surface area contributed by atoms with E-state index in [1.165, 1.54) is 0 Å². The van der Waals surface area contributed by atoms with Crippen LogP contribution in [0.15, 0.2) is 42.5 Å². The minimum absolute atomic E-state index is 0.0331. The lowest BCUT2D eigenvalue weighted by Gasteiger charge is -2.39. The van der Waals surface area contributed by atoms with Crippen molar-refractivity contribution >= 4 is 17.8 Å². The Kier molecular flexibility index (Phi) is 6.37. The van der Waals surface area contributed by atoms with Crippen LogP contribution < -0.4 is 9.47 Å². The zero-order valence-electron chi connectivity index (χ0n) is 19.4. The number of amides is 4. The van der Waals surface area contributed by atoms with Gasteiger partial charge in [-0.3, -0.25) is 19.4 Å². The van der Waals surface area contributed by atoms with Crippen LogP contribution in [0.2, 0.25) is 0 Å². The molecule has 0 spiro atoms. The summed E-state index contributed by atoms with van der Waals surface area (Å²) in [4.78, 5) is 42.3. The Balaban J connectivity index is 1.71. The number of ether oxygens (including phenoxy) is 2. The van der Waals surface area contributed by atoms with Crippen LogP contribution in [0.4, 0.5) is 4.79 Å². The number of methoxy groups -OCH3 is 2. The molecular weight excluding hydrogens is 422 g/mol. The molecule has 1 atom stereocenters. The number of benzene rings is 2. The predicted octanol–water partition coefficient (Wildman–Crippen LogP) is 3.06. The van der Waals surface area contributed by atoms with Crippen molar-refractivity contribution in [2.75, 3.05) is 34.0 Å². The summed E-state index contributed by atoms with van der Waals surface area (Å²) < 4.78 is 11.0. The number of hydrogen-bond donors (Lipinski definition) is 0. The van der Waals surface area contributed by atoms with Crippen LogP contribution in [0.5, 0.6) is 11.5 Å². The average Bonchev–Trinajstić information content (AvgIpc) is 3.01. The molecule has 2 aromatic carbocycles. The van der Waals surface area contributed by atoms with Crippen LogP contribution in [0.25, 0.3) is 0 Å². The molecular formula is C25H29N3O5. The van der Waals surface area contributed by atoms with Gasteiger partial charge in [0.15, 0.2) is 11.5 Å². The Morgan fingerprint density at radius 3 is 2.21 bits per heavy atom. The van der Waals surface area contributed by atoms with Gasteiger partial charge in [-0.05, 0) is 41.2 Å². The van der Waals surface area contributed by atoms with E-state index in [4.69, 9.17) is 9.47 Å². The van der Waals surface area contributed by atoms with E-state index in [9.17, 15) is 14.4 Å². The summed E-state index contributed by atoms with van der Waals surface area (Å²) in [6.45, 7) is 4.68. The summed E-state index contributed by atoms with van der Waals surface area (Å²) in [6, 6.07) is 13.1. The molecule has 8 nitrogen and oxygen atoms in total. The Hall–Kier alpha value is -3.39. The lowest BCUT2D eigenvalue weighted by Crippen LogP contribution is -2.46. The molecule has 0 saturated carbocycles. The highest BCUT2D eigenvalue weighted by Gasteiger charge is 2.46. The second kappa shape index (κ2) is 9.23. The SMILES string of the molecule is COc1cc2c(cc1OC)[C@H](c1ccccc1)N(CN1C(=O)C(=O)N(CC(C)C)C1=O)CC2. The molecule has 4 amide bonds. The third-order valence-electron chi connectivity index (χ3n) is 6.09. The van der Waals surface area contributed by atoms with E-state index in [1.54, 1.807) is 14.2 Å². The van der Waals surface area contributed by atoms with Crippen molar-refractivity contribution in [3.63, 3.8) is 0 Å². The quantitative estimate of drug-likeness (QED) is 0.476. The number of carbonyl (C=O) groups excluding carboxylic acids is 3. The second-order valence-corrected chi connectivity index (χ2v) is 8.75. The standard InChI is InChI=1S/C25H29N3O5/c1-16(2)14-27-23(29)24(30)28(25(27)31)15-26-11-10-18-12-20(32-3)21(33-4)13-19(18)22(26)17-8-6-5-7-9-17/h5-9,12-13,16,22H,10-11,14-15H2,1-4H3/t22-/m0/s1. The van der Waals surface area contributed by atoms with Gasteiger partial charge < -0.3 is 9.47 Å². The summed E-state index contributed by atoms with van der Waals surface area (Å²) in [5.41, 5.74) is 3.17. The maximum atomic E-state index is 13.0. The van der Waals surface area contributed by atoms with Crippen molar-refractivity contribution in [3.8, 4) is 11.5 Å². The van der Waals surface area contributed by atoms with Gasteiger partial charge in [0.1, 0.15) is 0 Å². The second-order valence-electron chi connectivity index (χ2n) is 8.75. The fourth-order valence-electron chi connectivity index (χ4n) is 4.56. The maximum Gasteiger partial charge on any atom is 0.335 e. The Labute approximate surface area is 193 Å². The first-order valence-corrected chi connectivity index (χ1v) is 11.1. The number of nitrogens with zero attached hydrogens (tertiary/aromatic N) is 3. The fourth-order valence-corrected chi connectivity index (χ4v) is 4.56. The van der Waals surface area contributed by atoms with Crippen LogP contribution in [-0.2, 0) is 16.0 Å². The minimum atomic E-state index is -0.773. The molecule has 0 radical (unpaired) electrons. The molecule has 0 unspecified atom stereocenters. The summed E-state index contributed by atoms with van der Waals surface area (Å²) in [5, 5.41) is 0. The zero-order chi connectivity index (χ0) is 23.7. The van der Waals surface area contributed by atoms with Gasteiger partial charge in [0.25, 0.3) is 0 Å².